The molecule has 3 aromatic carbocycles. The van der Waals surface area contributed by atoms with E-state index in [1.54, 1.807) is 24.1 Å². The maximum absolute atomic E-state index is 15.2. The number of rotatable bonds is 8. The van der Waals surface area contributed by atoms with Crippen LogP contribution in [0, 0.1) is 15.3 Å². The van der Waals surface area contributed by atoms with E-state index in [1.165, 1.54) is 48.7 Å². The summed E-state index contributed by atoms with van der Waals surface area (Å²) < 4.78 is 43.0. The molecule has 3 heterocycles. The Labute approximate surface area is 262 Å². The van der Waals surface area contributed by atoms with Gasteiger partial charge in [0, 0.05) is 30.2 Å². The standard InChI is InChI=1S/C31H21F2IN6O4/c1-43-22-9-2-18(3-10-22)17-39-29-27(28(34)38-39)26(13-14-35-29)44-25-11-6-20(16-24(25)33)37-30(41)23-12-15-36-40(31(23)42)21-7-4-19(32)5-8-21/h2-16H,17H2,1H3,(H,37,41). The average molecular weight is 706 g/mol. The molecule has 0 saturated heterocycles. The molecule has 0 aliphatic rings. The van der Waals surface area contributed by atoms with Gasteiger partial charge in [0.15, 0.2) is 17.2 Å². The van der Waals surface area contributed by atoms with E-state index in [2.05, 4.69) is 43.1 Å². The van der Waals surface area contributed by atoms with Crippen molar-refractivity contribution in [2.45, 2.75) is 6.54 Å². The molecule has 0 saturated carbocycles. The maximum atomic E-state index is 15.2. The molecule has 0 atom stereocenters. The first kappa shape index (κ1) is 28.9. The van der Waals surface area contributed by atoms with Crippen LogP contribution in [0.4, 0.5) is 14.5 Å². The highest BCUT2D eigenvalue weighted by Gasteiger charge is 2.19. The van der Waals surface area contributed by atoms with Crippen molar-refractivity contribution >= 4 is 45.2 Å². The first-order valence-corrected chi connectivity index (χ1v) is 14.2. The maximum Gasteiger partial charge on any atom is 0.284 e. The van der Waals surface area contributed by atoms with Gasteiger partial charge in [-0.15, -0.1) is 0 Å². The summed E-state index contributed by atoms with van der Waals surface area (Å²) in [5, 5.41) is 11.7. The smallest absolute Gasteiger partial charge is 0.284 e. The molecule has 6 rings (SSSR count). The summed E-state index contributed by atoms with van der Waals surface area (Å²) in [5.41, 5.74) is 0.988. The van der Waals surface area contributed by atoms with Gasteiger partial charge in [0.2, 0.25) is 0 Å². The van der Waals surface area contributed by atoms with Gasteiger partial charge in [-0.1, -0.05) is 12.1 Å². The molecule has 0 unspecified atom stereocenters. The Morgan fingerprint density at radius 2 is 1.73 bits per heavy atom. The van der Waals surface area contributed by atoms with Crippen LogP contribution in [0.5, 0.6) is 17.2 Å². The molecule has 1 amide bonds. The van der Waals surface area contributed by atoms with Gasteiger partial charge in [0.1, 0.15) is 26.6 Å². The molecule has 13 heteroatoms. The highest BCUT2D eigenvalue weighted by Crippen LogP contribution is 2.34. The molecule has 1 N–H and O–H groups in total. The second kappa shape index (κ2) is 12.2. The average Bonchev–Trinajstić information content (AvgIpc) is 3.35. The summed E-state index contributed by atoms with van der Waals surface area (Å²) in [6.07, 6.45) is 2.83. The van der Waals surface area contributed by atoms with E-state index in [4.69, 9.17) is 9.47 Å². The molecule has 0 aliphatic heterocycles. The van der Waals surface area contributed by atoms with Crippen molar-refractivity contribution in [1.29, 1.82) is 0 Å². The van der Waals surface area contributed by atoms with Crippen LogP contribution in [0.2, 0.25) is 0 Å². The van der Waals surface area contributed by atoms with Crippen LogP contribution in [-0.2, 0) is 6.54 Å². The summed E-state index contributed by atoms with van der Waals surface area (Å²) in [6, 6.07) is 19.5. The number of nitrogens with one attached hydrogen (secondary N) is 1. The van der Waals surface area contributed by atoms with Crippen molar-refractivity contribution in [3.05, 3.63) is 128 Å². The monoisotopic (exact) mass is 706 g/mol. The number of methoxy groups -OCH3 is 1. The Morgan fingerprint density at radius 3 is 2.45 bits per heavy atom. The van der Waals surface area contributed by atoms with Gasteiger partial charge in [-0.3, -0.25) is 9.59 Å². The Balaban J connectivity index is 1.21. The second-order valence-electron chi connectivity index (χ2n) is 9.44. The highest BCUT2D eigenvalue weighted by molar-refractivity contribution is 14.1. The molecule has 3 aromatic heterocycles. The summed E-state index contributed by atoms with van der Waals surface area (Å²) in [6.45, 7) is 0.454. The van der Waals surface area contributed by atoms with E-state index in [0.29, 0.717) is 27.0 Å². The van der Waals surface area contributed by atoms with Crippen molar-refractivity contribution in [2.75, 3.05) is 12.4 Å². The predicted octanol–water partition coefficient (Wildman–Crippen LogP) is 5.96. The summed E-state index contributed by atoms with van der Waals surface area (Å²) in [4.78, 5) is 30.3. The molecule has 10 nitrogen and oxygen atoms in total. The fraction of sp³-hybridized carbons (Fsp3) is 0.0645. The number of fused-ring (bicyclic) bond motifs is 1. The first-order valence-electron chi connectivity index (χ1n) is 13.1. The third-order valence-electron chi connectivity index (χ3n) is 6.62. The number of carbonyl (C=O) groups is 1. The minimum absolute atomic E-state index is 0.0863. The Morgan fingerprint density at radius 1 is 0.955 bits per heavy atom. The summed E-state index contributed by atoms with van der Waals surface area (Å²) in [5.74, 6) is -0.973. The lowest BCUT2D eigenvalue weighted by molar-refractivity contribution is 0.102. The zero-order chi connectivity index (χ0) is 30.8. The van der Waals surface area contributed by atoms with Crippen molar-refractivity contribution in [3.8, 4) is 22.9 Å². The fourth-order valence-corrected chi connectivity index (χ4v) is 5.22. The van der Waals surface area contributed by atoms with Gasteiger partial charge < -0.3 is 14.8 Å². The second-order valence-corrected chi connectivity index (χ2v) is 10.5. The van der Waals surface area contributed by atoms with Crippen LogP contribution < -0.4 is 20.3 Å². The lowest BCUT2D eigenvalue weighted by Gasteiger charge is -2.11. The van der Waals surface area contributed by atoms with Gasteiger partial charge in [-0.2, -0.15) is 14.9 Å². The normalized spacial score (nSPS) is 11.0. The number of halogens is 3. The number of hydrogen-bond donors (Lipinski definition) is 1. The van der Waals surface area contributed by atoms with Crippen LogP contribution in [0.15, 0.2) is 96.1 Å². The number of nitrogens with zero attached hydrogens (tertiary/aromatic N) is 5. The molecule has 220 valence electrons. The van der Waals surface area contributed by atoms with Crippen molar-refractivity contribution in [1.82, 2.24) is 24.5 Å². The largest absolute Gasteiger partial charge is 0.497 e. The Bertz CT molecular complexity index is 2060. The highest BCUT2D eigenvalue weighted by atomic mass is 127. The molecule has 0 aliphatic carbocycles. The van der Waals surface area contributed by atoms with Gasteiger partial charge in [-0.05, 0) is 82.8 Å². The van der Waals surface area contributed by atoms with E-state index >= 15 is 4.39 Å². The third-order valence-corrected chi connectivity index (χ3v) is 7.37. The van der Waals surface area contributed by atoms with Crippen LogP contribution in [0.3, 0.4) is 0 Å². The Hall–Kier alpha value is -5.18. The number of hydrogen-bond acceptors (Lipinski definition) is 7. The molecular formula is C31H21F2IN6O4. The third kappa shape index (κ3) is 5.86. The number of aromatic nitrogens is 5. The van der Waals surface area contributed by atoms with Gasteiger partial charge >= 0.3 is 0 Å². The molecule has 0 bridgehead atoms. The van der Waals surface area contributed by atoms with E-state index in [1.807, 2.05) is 24.3 Å². The molecule has 6 aromatic rings. The van der Waals surface area contributed by atoms with E-state index < -0.39 is 23.1 Å². The molecule has 0 spiro atoms. The molecular weight excluding hydrogens is 685 g/mol. The minimum Gasteiger partial charge on any atom is -0.497 e. The molecule has 0 fully saturated rings. The SMILES string of the molecule is COc1ccc(Cn2nc(I)c3c(Oc4ccc(NC(=O)c5ccnn(-c6ccc(F)cc6)c5=O)cc4F)ccnc32)cc1. The van der Waals surface area contributed by atoms with E-state index in [9.17, 15) is 14.0 Å². The van der Waals surface area contributed by atoms with Crippen LogP contribution in [0.25, 0.3) is 16.7 Å². The molecule has 44 heavy (non-hydrogen) atoms. The van der Waals surface area contributed by atoms with Gasteiger partial charge in [0.25, 0.3) is 11.5 Å². The van der Waals surface area contributed by atoms with Gasteiger partial charge in [0.05, 0.1) is 24.7 Å². The first-order chi connectivity index (χ1) is 21.3. The Kier molecular flexibility index (Phi) is 8.02. The van der Waals surface area contributed by atoms with Crippen LogP contribution in [0.1, 0.15) is 15.9 Å². The van der Waals surface area contributed by atoms with Crippen molar-refractivity contribution in [2.24, 2.45) is 0 Å². The number of benzene rings is 3. The number of ether oxygens (including phenoxy) is 2. The lowest BCUT2D eigenvalue weighted by atomic mass is 10.2. The van der Waals surface area contributed by atoms with Crippen LogP contribution >= 0.6 is 22.6 Å². The molecule has 0 radical (unpaired) electrons. The number of pyridine rings is 1. The van der Waals surface area contributed by atoms with Gasteiger partial charge in [-0.25, -0.2) is 18.4 Å². The zero-order valence-corrected chi connectivity index (χ0v) is 25.0. The van der Waals surface area contributed by atoms with E-state index in [-0.39, 0.29) is 22.7 Å². The number of anilines is 1. The number of carbonyl (C=O) groups excluding carboxylic acids is 1. The predicted molar refractivity (Wildman–Crippen MR) is 167 cm³/mol. The quantitative estimate of drug-likeness (QED) is 0.195. The summed E-state index contributed by atoms with van der Waals surface area (Å²) in [7, 11) is 1.61. The topological polar surface area (TPSA) is 113 Å². The summed E-state index contributed by atoms with van der Waals surface area (Å²) >= 11 is 2.08. The van der Waals surface area contributed by atoms with Crippen molar-refractivity contribution < 1.29 is 23.0 Å². The van der Waals surface area contributed by atoms with Crippen molar-refractivity contribution in [3.63, 3.8) is 0 Å². The van der Waals surface area contributed by atoms with E-state index in [0.717, 1.165) is 22.1 Å². The fourth-order valence-electron chi connectivity index (χ4n) is 4.46. The van der Waals surface area contributed by atoms with Crippen LogP contribution in [-0.4, -0.2) is 37.6 Å². The minimum atomic E-state index is -0.768. The number of amides is 1. The lowest BCUT2D eigenvalue weighted by Crippen LogP contribution is -2.29. The zero-order valence-electron chi connectivity index (χ0n) is 22.9.